The smallest absolute Gasteiger partial charge is 0.349 e. The molecule has 2 aromatic carbocycles. The second-order valence-electron chi connectivity index (χ2n) is 4.52. The maximum absolute atomic E-state index is 11.6. The Bertz CT molecular complexity index is 718. The normalized spacial score (nSPS) is 10.1. The average molecular weight is 286 g/mol. The maximum atomic E-state index is 11.6. The van der Waals surface area contributed by atoms with Gasteiger partial charge in [-0.1, -0.05) is 18.7 Å². The molecule has 0 unspecified atom stereocenters. The Morgan fingerprint density at radius 2 is 1.81 bits per heavy atom. The van der Waals surface area contributed by atoms with Gasteiger partial charge in [-0.3, -0.25) is 0 Å². The van der Waals surface area contributed by atoms with Gasteiger partial charge in [0.05, 0.1) is 0 Å². The van der Waals surface area contributed by atoms with Crippen molar-refractivity contribution < 1.29 is 24.2 Å². The lowest BCUT2D eigenvalue weighted by Gasteiger charge is -2.07. The van der Waals surface area contributed by atoms with Crippen molar-refractivity contribution in [2.75, 3.05) is 6.61 Å². The molecule has 0 amide bonds. The minimum absolute atomic E-state index is 0.166. The molecule has 0 aliphatic heterocycles. The van der Waals surface area contributed by atoms with Crippen LogP contribution in [-0.4, -0.2) is 23.7 Å². The highest BCUT2D eigenvalue weighted by atomic mass is 16.6. The standard InChI is InChI=1S/C16H14O5/c1-10(2)16(19)20-9-15(18)21-14-6-4-11-7-13(17)5-3-12(11)8-14/h3-8,17H,1,9H2,2H3. The van der Waals surface area contributed by atoms with Crippen molar-refractivity contribution in [3.05, 3.63) is 48.6 Å². The van der Waals surface area contributed by atoms with Crippen molar-refractivity contribution in [1.29, 1.82) is 0 Å². The van der Waals surface area contributed by atoms with E-state index >= 15 is 0 Å². The molecule has 2 aromatic rings. The second kappa shape index (κ2) is 6.09. The van der Waals surface area contributed by atoms with E-state index in [0.717, 1.165) is 10.8 Å². The lowest BCUT2D eigenvalue weighted by molar-refractivity contribution is -0.150. The number of phenolic OH excluding ortho intramolecular Hbond substituents is 1. The summed E-state index contributed by atoms with van der Waals surface area (Å²) in [6.07, 6.45) is 0. The molecule has 0 aliphatic carbocycles. The number of fused-ring (bicyclic) bond motifs is 1. The molecule has 0 bridgehead atoms. The zero-order valence-electron chi connectivity index (χ0n) is 11.5. The predicted octanol–water partition coefficient (Wildman–Crippen LogP) is 2.57. The molecule has 0 aromatic heterocycles. The fourth-order valence-electron chi connectivity index (χ4n) is 1.68. The summed E-state index contributed by atoms with van der Waals surface area (Å²) < 4.78 is 9.77. The van der Waals surface area contributed by atoms with Crippen molar-refractivity contribution in [2.45, 2.75) is 6.92 Å². The summed E-state index contributed by atoms with van der Waals surface area (Å²) in [7, 11) is 0. The Balaban J connectivity index is 2.02. The first-order valence-electron chi connectivity index (χ1n) is 6.22. The van der Waals surface area contributed by atoms with E-state index in [1.165, 1.54) is 6.92 Å². The molecule has 108 valence electrons. The van der Waals surface area contributed by atoms with Gasteiger partial charge >= 0.3 is 11.9 Å². The van der Waals surface area contributed by atoms with Crippen LogP contribution >= 0.6 is 0 Å². The molecule has 0 saturated carbocycles. The van der Waals surface area contributed by atoms with Gasteiger partial charge in [-0.2, -0.15) is 0 Å². The van der Waals surface area contributed by atoms with Crippen LogP contribution in [0.5, 0.6) is 11.5 Å². The van der Waals surface area contributed by atoms with Crippen LogP contribution < -0.4 is 4.74 Å². The molecule has 0 heterocycles. The molecule has 21 heavy (non-hydrogen) atoms. The topological polar surface area (TPSA) is 72.8 Å². The molecule has 0 saturated heterocycles. The van der Waals surface area contributed by atoms with Gasteiger partial charge in [0, 0.05) is 5.57 Å². The number of esters is 2. The molecule has 0 atom stereocenters. The van der Waals surface area contributed by atoms with Gasteiger partial charge in [-0.25, -0.2) is 9.59 Å². The third-order valence-corrected chi connectivity index (χ3v) is 2.70. The molecule has 0 aliphatic rings. The van der Waals surface area contributed by atoms with Crippen LogP contribution in [0.3, 0.4) is 0 Å². The van der Waals surface area contributed by atoms with Crippen LogP contribution in [-0.2, 0) is 14.3 Å². The summed E-state index contributed by atoms with van der Waals surface area (Å²) in [6, 6.07) is 9.84. The van der Waals surface area contributed by atoms with Crippen LogP contribution in [0.4, 0.5) is 0 Å². The van der Waals surface area contributed by atoms with Crippen LogP contribution in [0.15, 0.2) is 48.6 Å². The van der Waals surface area contributed by atoms with Crippen molar-refractivity contribution in [2.24, 2.45) is 0 Å². The van der Waals surface area contributed by atoms with E-state index in [1.807, 2.05) is 0 Å². The largest absolute Gasteiger partial charge is 0.508 e. The van der Waals surface area contributed by atoms with E-state index in [-0.39, 0.29) is 11.3 Å². The zero-order valence-corrected chi connectivity index (χ0v) is 11.5. The van der Waals surface area contributed by atoms with Crippen LogP contribution in [0.1, 0.15) is 6.92 Å². The zero-order chi connectivity index (χ0) is 15.4. The Labute approximate surface area is 121 Å². The Morgan fingerprint density at radius 1 is 1.14 bits per heavy atom. The minimum Gasteiger partial charge on any atom is -0.508 e. The number of rotatable bonds is 4. The van der Waals surface area contributed by atoms with Crippen molar-refractivity contribution in [1.82, 2.24) is 0 Å². The van der Waals surface area contributed by atoms with Gasteiger partial charge in [0.1, 0.15) is 11.5 Å². The number of phenols is 1. The summed E-state index contributed by atoms with van der Waals surface area (Å²) in [5, 5.41) is 11.0. The molecule has 0 spiro atoms. The Hall–Kier alpha value is -2.82. The fraction of sp³-hybridized carbons (Fsp3) is 0.125. The van der Waals surface area contributed by atoms with Crippen molar-refractivity contribution in [3.63, 3.8) is 0 Å². The van der Waals surface area contributed by atoms with E-state index in [0.29, 0.717) is 5.75 Å². The van der Waals surface area contributed by atoms with Gasteiger partial charge in [0.25, 0.3) is 0 Å². The molecule has 0 radical (unpaired) electrons. The first-order valence-corrected chi connectivity index (χ1v) is 6.22. The number of aromatic hydroxyl groups is 1. The molecular weight excluding hydrogens is 272 g/mol. The number of ether oxygens (including phenoxy) is 2. The lowest BCUT2D eigenvalue weighted by atomic mass is 10.1. The molecule has 5 nitrogen and oxygen atoms in total. The summed E-state index contributed by atoms with van der Waals surface area (Å²) in [5.41, 5.74) is 0.216. The second-order valence-corrected chi connectivity index (χ2v) is 4.52. The Morgan fingerprint density at radius 3 is 2.52 bits per heavy atom. The quantitative estimate of drug-likeness (QED) is 0.531. The van der Waals surface area contributed by atoms with Crippen LogP contribution in [0.2, 0.25) is 0 Å². The van der Waals surface area contributed by atoms with Gasteiger partial charge in [0.2, 0.25) is 0 Å². The van der Waals surface area contributed by atoms with E-state index in [4.69, 9.17) is 9.47 Å². The summed E-state index contributed by atoms with van der Waals surface area (Å²) in [4.78, 5) is 22.7. The highest BCUT2D eigenvalue weighted by Crippen LogP contribution is 2.24. The predicted molar refractivity (Wildman–Crippen MR) is 77.0 cm³/mol. The number of hydrogen-bond donors (Lipinski definition) is 1. The molecule has 0 fully saturated rings. The van der Waals surface area contributed by atoms with E-state index in [9.17, 15) is 14.7 Å². The molecular formula is C16H14O5. The van der Waals surface area contributed by atoms with Crippen molar-refractivity contribution >= 4 is 22.7 Å². The number of carbonyl (C=O) groups is 2. The van der Waals surface area contributed by atoms with E-state index < -0.39 is 18.5 Å². The lowest BCUT2D eigenvalue weighted by Crippen LogP contribution is -2.18. The number of benzene rings is 2. The Kier molecular flexibility index (Phi) is 4.23. The van der Waals surface area contributed by atoms with Crippen molar-refractivity contribution in [3.8, 4) is 11.5 Å². The first kappa shape index (κ1) is 14.6. The summed E-state index contributed by atoms with van der Waals surface area (Å²) in [5.74, 6) is -0.813. The van der Waals surface area contributed by atoms with Gasteiger partial charge in [-0.05, 0) is 42.0 Å². The molecule has 5 heteroatoms. The van der Waals surface area contributed by atoms with E-state index in [1.54, 1.807) is 36.4 Å². The highest BCUT2D eigenvalue weighted by Gasteiger charge is 2.10. The minimum atomic E-state index is -0.678. The first-order chi connectivity index (χ1) is 9.95. The SMILES string of the molecule is C=C(C)C(=O)OCC(=O)Oc1ccc2cc(O)ccc2c1. The van der Waals surface area contributed by atoms with Crippen LogP contribution in [0, 0.1) is 0 Å². The molecule has 1 N–H and O–H groups in total. The molecule has 2 rings (SSSR count). The highest BCUT2D eigenvalue weighted by molar-refractivity contribution is 5.89. The van der Waals surface area contributed by atoms with E-state index in [2.05, 4.69) is 6.58 Å². The van der Waals surface area contributed by atoms with Gasteiger partial charge in [-0.15, -0.1) is 0 Å². The number of hydrogen-bond acceptors (Lipinski definition) is 5. The number of carbonyl (C=O) groups excluding carboxylic acids is 2. The van der Waals surface area contributed by atoms with Gasteiger partial charge < -0.3 is 14.6 Å². The third-order valence-electron chi connectivity index (χ3n) is 2.70. The monoisotopic (exact) mass is 286 g/mol. The third kappa shape index (κ3) is 3.82. The average Bonchev–Trinajstić information content (AvgIpc) is 2.44. The maximum Gasteiger partial charge on any atom is 0.349 e. The van der Waals surface area contributed by atoms with Crippen LogP contribution in [0.25, 0.3) is 10.8 Å². The fourth-order valence-corrected chi connectivity index (χ4v) is 1.68. The summed E-state index contributed by atoms with van der Waals surface area (Å²) in [6.45, 7) is 4.43. The van der Waals surface area contributed by atoms with Gasteiger partial charge in [0.15, 0.2) is 6.61 Å². The summed E-state index contributed by atoms with van der Waals surface area (Å²) >= 11 is 0.